The predicted octanol–water partition coefficient (Wildman–Crippen LogP) is 2.78. The fraction of sp³-hybridized carbons (Fsp3) is 0.591. The Kier molecular flexibility index (Phi) is 6.83. The number of ether oxygens (including phenoxy) is 2. The highest BCUT2D eigenvalue weighted by Gasteiger charge is 2.36. The molecule has 2 heterocycles. The van der Waals surface area contributed by atoms with Crippen molar-refractivity contribution >= 4 is 23.6 Å². The van der Waals surface area contributed by atoms with Gasteiger partial charge >= 0.3 is 6.09 Å². The first-order valence-corrected chi connectivity index (χ1v) is 10.5. The van der Waals surface area contributed by atoms with Gasteiger partial charge in [0, 0.05) is 31.7 Å². The van der Waals surface area contributed by atoms with Gasteiger partial charge in [0.1, 0.15) is 17.5 Å². The molecule has 0 spiro atoms. The second-order valence-corrected chi connectivity index (χ2v) is 8.98. The third-order valence-electron chi connectivity index (χ3n) is 5.49. The van der Waals surface area contributed by atoms with E-state index in [0.717, 1.165) is 0 Å². The molecule has 0 aliphatic carbocycles. The fourth-order valence-electron chi connectivity index (χ4n) is 3.95. The van der Waals surface area contributed by atoms with Crippen LogP contribution in [0.15, 0.2) is 18.2 Å². The number of carbonyl (C=O) groups excluding carboxylic acids is 3. The zero-order chi connectivity index (χ0) is 22.8. The summed E-state index contributed by atoms with van der Waals surface area (Å²) in [5.74, 6) is -1.33. The minimum atomic E-state index is -0.589. The number of carbonyl (C=O) groups is 3. The van der Waals surface area contributed by atoms with E-state index in [2.05, 4.69) is 10.6 Å². The number of amides is 3. The van der Waals surface area contributed by atoms with Gasteiger partial charge in [-0.2, -0.15) is 0 Å². The molecule has 0 aromatic heterocycles. The number of benzene rings is 1. The van der Waals surface area contributed by atoms with E-state index < -0.39 is 29.5 Å². The van der Waals surface area contributed by atoms with E-state index in [1.807, 2.05) is 20.8 Å². The number of imide groups is 1. The third kappa shape index (κ3) is 5.72. The molecule has 3 amide bonds. The molecule has 2 fully saturated rings. The van der Waals surface area contributed by atoms with Crippen LogP contribution in [0, 0.1) is 5.82 Å². The highest BCUT2D eigenvalue weighted by Crippen LogP contribution is 2.33. The van der Waals surface area contributed by atoms with Crippen LogP contribution in [0.3, 0.4) is 0 Å². The lowest BCUT2D eigenvalue weighted by molar-refractivity contribution is -0.133. The maximum absolute atomic E-state index is 15.0. The van der Waals surface area contributed by atoms with Crippen LogP contribution in [0.5, 0.6) is 0 Å². The van der Waals surface area contributed by atoms with Gasteiger partial charge in [-0.05, 0) is 51.3 Å². The van der Waals surface area contributed by atoms with E-state index in [0.29, 0.717) is 37.2 Å². The summed E-state index contributed by atoms with van der Waals surface area (Å²) in [7, 11) is 1.55. The van der Waals surface area contributed by atoms with E-state index in [1.165, 1.54) is 6.07 Å². The number of methoxy groups -OCH3 is 1. The Labute approximate surface area is 181 Å². The highest BCUT2D eigenvalue weighted by molar-refractivity contribution is 6.01. The number of hydrogen-bond donors (Lipinski definition) is 2. The van der Waals surface area contributed by atoms with Gasteiger partial charge in [0.25, 0.3) is 0 Å². The van der Waals surface area contributed by atoms with Crippen LogP contribution in [0.4, 0.5) is 14.9 Å². The van der Waals surface area contributed by atoms with Crippen LogP contribution in [0.25, 0.3) is 0 Å². The van der Waals surface area contributed by atoms with Crippen LogP contribution in [0.1, 0.15) is 51.5 Å². The molecule has 9 heteroatoms. The molecule has 1 aromatic rings. The van der Waals surface area contributed by atoms with Crippen molar-refractivity contribution in [2.75, 3.05) is 25.5 Å². The van der Waals surface area contributed by atoms with Crippen molar-refractivity contribution < 1.29 is 28.2 Å². The average Bonchev–Trinajstić information content (AvgIpc) is 2.68. The number of nitrogens with zero attached hydrogens (tertiary/aromatic N) is 1. The standard InChI is InChI=1S/C22H30FN3O5/c1-22(2,3)31-21(29)26-10-9-15(18(12-26)30-4)14-6-5-13(11-16(14)23)24-17-7-8-19(27)25-20(17)28/h5-6,11,15,17-18,24H,7-10,12H2,1-4H3,(H,25,27,28)/t15-,17?,18+/m0/s1. The Morgan fingerprint density at radius 1 is 1.26 bits per heavy atom. The molecule has 2 aliphatic rings. The summed E-state index contributed by atoms with van der Waals surface area (Å²) in [4.78, 5) is 37.2. The van der Waals surface area contributed by atoms with Gasteiger partial charge in [-0.1, -0.05) is 6.07 Å². The van der Waals surface area contributed by atoms with Crippen molar-refractivity contribution in [2.45, 2.75) is 63.7 Å². The van der Waals surface area contributed by atoms with E-state index >= 15 is 0 Å². The van der Waals surface area contributed by atoms with Crippen molar-refractivity contribution in [3.05, 3.63) is 29.6 Å². The van der Waals surface area contributed by atoms with Crippen molar-refractivity contribution in [2.24, 2.45) is 0 Å². The van der Waals surface area contributed by atoms with Gasteiger partial charge in [-0.15, -0.1) is 0 Å². The minimum absolute atomic E-state index is 0.215. The van der Waals surface area contributed by atoms with Gasteiger partial charge in [0.2, 0.25) is 11.8 Å². The minimum Gasteiger partial charge on any atom is -0.444 e. The van der Waals surface area contributed by atoms with Crippen molar-refractivity contribution in [3.63, 3.8) is 0 Å². The van der Waals surface area contributed by atoms with Crippen LogP contribution in [-0.2, 0) is 19.1 Å². The zero-order valence-electron chi connectivity index (χ0n) is 18.4. The number of halogens is 1. The zero-order valence-corrected chi connectivity index (χ0v) is 18.4. The molecule has 2 saturated heterocycles. The summed E-state index contributed by atoms with van der Waals surface area (Å²) in [5.41, 5.74) is 0.383. The lowest BCUT2D eigenvalue weighted by Gasteiger charge is -2.38. The molecule has 31 heavy (non-hydrogen) atoms. The topological polar surface area (TPSA) is 97.0 Å². The summed E-state index contributed by atoms with van der Waals surface area (Å²) < 4.78 is 26.0. The molecular weight excluding hydrogens is 405 g/mol. The summed E-state index contributed by atoms with van der Waals surface area (Å²) in [6.45, 7) is 6.18. The Morgan fingerprint density at radius 3 is 2.61 bits per heavy atom. The highest BCUT2D eigenvalue weighted by atomic mass is 19.1. The molecule has 0 bridgehead atoms. The van der Waals surface area contributed by atoms with Crippen LogP contribution in [-0.4, -0.2) is 60.8 Å². The Hall–Kier alpha value is -2.68. The largest absolute Gasteiger partial charge is 0.444 e. The average molecular weight is 435 g/mol. The normalized spacial score (nSPS) is 24.5. The first-order chi connectivity index (χ1) is 14.6. The van der Waals surface area contributed by atoms with Crippen LogP contribution in [0.2, 0.25) is 0 Å². The second-order valence-electron chi connectivity index (χ2n) is 8.98. The molecular formula is C22H30FN3O5. The van der Waals surface area contributed by atoms with Crippen LogP contribution < -0.4 is 10.6 Å². The molecule has 170 valence electrons. The second kappa shape index (κ2) is 9.21. The Balaban J connectivity index is 1.67. The first-order valence-electron chi connectivity index (χ1n) is 10.5. The van der Waals surface area contributed by atoms with Gasteiger partial charge in [-0.25, -0.2) is 9.18 Å². The monoisotopic (exact) mass is 435 g/mol. The molecule has 1 unspecified atom stereocenters. The summed E-state index contributed by atoms with van der Waals surface area (Å²) in [5, 5.41) is 5.26. The van der Waals surface area contributed by atoms with Gasteiger partial charge in [0.05, 0.1) is 12.6 Å². The van der Waals surface area contributed by atoms with Gasteiger partial charge in [0.15, 0.2) is 0 Å². The van der Waals surface area contributed by atoms with Gasteiger partial charge < -0.3 is 19.7 Å². The summed E-state index contributed by atoms with van der Waals surface area (Å²) in [6.07, 6.45) is 0.370. The smallest absolute Gasteiger partial charge is 0.410 e. The number of rotatable bonds is 4. The van der Waals surface area contributed by atoms with E-state index in [-0.39, 0.29) is 24.3 Å². The van der Waals surface area contributed by atoms with E-state index in [9.17, 15) is 18.8 Å². The molecule has 3 atom stereocenters. The SMILES string of the molecule is CO[C@@H]1CN(C(=O)OC(C)(C)C)CC[C@H]1c1ccc(NC2CCC(=O)NC2=O)cc1F. The first kappa shape index (κ1) is 23.0. The molecule has 2 aliphatic heterocycles. The Bertz CT molecular complexity index is 854. The van der Waals surface area contributed by atoms with E-state index in [4.69, 9.17) is 9.47 Å². The summed E-state index contributed by atoms with van der Waals surface area (Å²) >= 11 is 0. The maximum atomic E-state index is 15.0. The number of piperidine rings is 2. The maximum Gasteiger partial charge on any atom is 0.410 e. The van der Waals surface area contributed by atoms with Gasteiger partial charge in [-0.3, -0.25) is 14.9 Å². The fourth-order valence-corrected chi connectivity index (χ4v) is 3.95. The van der Waals surface area contributed by atoms with E-state index in [1.54, 1.807) is 24.1 Å². The molecule has 8 nitrogen and oxygen atoms in total. The predicted molar refractivity (Wildman–Crippen MR) is 112 cm³/mol. The number of hydrogen-bond acceptors (Lipinski definition) is 6. The lowest BCUT2D eigenvalue weighted by atomic mass is 9.86. The quantitative estimate of drug-likeness (QED) is 0.706. The molecule has 3 rings (SSSR count). The molecule has 2 N–H and O–H groups in total. The van der Waals surface area contributed by atoms with Crippen LogP contribution >= 0.6 is 0 Å². The molecule has 0 saturated carbocycles. The molecule has 1 aromatic carbocycles. The van der Waals surface area contributed by atoms with Crippen molar-refractivity contribution in [1.82, 2.24) is 10.2 Å². The number of likely N-dealkylation sites (tertiary alicyclic amines) is 1. The number of nitrogens with one attached hydrogen (secondary N) is 2. The number of anilines is 1. The molecule has 0 radical (unpaired) electrons. The van der Waals surface area contributed by atoms with Crippen molar-refractivity contribution in [3.8, 4) is 0 Å². The summed E-state index contributed by atoms with van der Waals surface area (Å²) in [6, 6.07) is 4.18. The Morgan fingerprint density at radius 2 is 2.00 bits per heavy atom. The third-order valence-corrected chi connectivity index (χ3v) is 5.49. The lowest BCUT2D eigenvalue weighted by Crippen LogP contribution is -2.48. The van der Waals surface area contributed by atoms with Crippen molar-refractivity contribution in [1.29, 1.82) is 0 Å².